The Balaban J connectivity index is 1.87. The van der Waals surface area contributed by atoms with E-state index in [-0.39, 0.29) is 17.0 Å². The molecule has 2 unspecified atom stereocenters. The molecule has 0 aromatic carbocycles. The Bertz CT molecular complexity index is 896. The monoisotopic (exact) mass is 380 g/mol. The highest BCUT2D eigenvalue weighted by atomic mass is 16.7. The molecule has 0 radical (unpaired) electrons. The first-order valence-electron chi connectivity index (χ1n) is 8.14. The summed E-state index contributed by atoms with van der Waals surface area (Å²) in [5, 5.41) is 22.8. The Morgan fingerprint density at radius 1 is 1.30 bits per heavy atom. The van der Waals surface area contributed by atoms with Crippen LogP contribution in [0.2, 0.25) is 0 Å². The van der Waals surface area contributed by atoms with E-state index < -0.39 is 35.8 Å². The molecule has 146 valence electrons. The maximum absolute atomic E-state index is 11.8. The van der Waals surface area contributed by atoms with Gasteiger partial charge in [-0.05, 0) is 19.9 Å². The summed E-state index contributed by atoms with van der Waals surface area (Å²) in [6, 6.07) is 2.76. The molecule has 1 fully saturated rings. The van der Waals surface area contributed by atoms with Crippen molar-refractivity contribution in [3.63, 3.8) is 0 Å². The van der Waals surface area contributed by atoms with E-state index in [9.17, 15) is 19.8 Å². The van der Waals surface area contributed by atoms with Gasteiger partial charge in [0.05, 0.1) is 11.8 Å². The average molecular weight is 380 g/mol. The third kappa shape index (κ3) is 3.65. The number of fused-ring (bicyclic) bond motifs is 1. The number of aromatic nitrogens is 1. The van der Waals surface area contributed by atoms with Crippen LogP contribution in [0.1, 0.15) is 13.8 Å². The lowest BCUT2D eigenvalue weighted by Crippen LogP contribution is -2.63. The topological polar surface area (TPSA) is 140 Å². The van der Waals surface area contributed by atoms with Crippen LogP contribution in [0.15, 0.2) is 27.5 Å². The van der Waals surface area contributed by atoms with Crippen LogP contribution in [0.3, 0.4) is 0 Å². The number of aliphatic hydroxyl groups is 2. The number of carbonyl (C=O) groups is 1. The first kappa shape index (κ1) is 19.2. The average Bonchev–Trinajstić information content (AvgIpc) is 2.60. The molecule has 3 rings (SSSR count). The predicted molar refractivity (Wildman–Crippen MR) is 92.4 cm³/mol. The van der Waals surface area contributed by atoms with Crippen molar-refractivity contribution in [2.45, 2.75) is 44.1 Å². The van der Waals surface area contributed by atoms with Gasteiger partial charge >= 0.3 is 5.63 Å². The number of amides is 1. The van der Waals surface area contributed by atoms with Crippen molar-refractivity contribution < 1.29 is 33.6 Å². The lowest BCUT2D eigenvalue weighted by molar-refractivity contribution is -0.306. The molecular formula is C17H20N2O8. The van der Waals surface area contributed by atoms with Gasteiger partial charge in [-0.2, -0.15) is 0 Å². The Labute approximate surface area is 153 Å². The number of aliphatic hydroxyl groups excluding tert-OH is 2. The van der Waals surface area contributed by atoms with Crippen LogP contribution in [-0.2, 0) is 14.3 Å². The van der Waals surface area contributed by atoms with E-state index in [1.54, 1.807) is 13.8 Å². The third-order valence-corrected chi connectivity index (χ3v) is 4.32. The van der Waals surface area contributed by atoms with Crippen molar-refractivity contribution in [3.8, 4) is 5.75 Å². The number of methoxy groups -OCH3 is 1. The zero-order valence-corrected chi connectivity index (χ0v) is 14.9. The summed E-state index contributed by atoms with van der Waals surface area (Å²) in [4.78, 5) is 26.4. The summed E-state index contributed by atoms with van der Waals surface area (Å²) < 4.78 is 21.6. The SMILES string of the molecule is COC1[C@H](O)[C@H](O)C(Oc2cnc3cc(NC=O)c(=O)oc3c2)OC1(C)C. The van der Waals surface area contributed by atoms with E-state index in [0.717, 1.165) is 0 Å². The Kier molecular flexibility index (Phi) is 5.16. The standard InChI is InChI=1S/C17H20N2O8/c1-17(2)14(24-3)12(21)13(22)16(27-17)25-8-4-11-9(18-6-8)5-10(19-7-20)15(23)26-11/h4-7,12-14,16,21-22H,1-3H3,(H,19,20)/t12-,13+,14?,16?/m1/s1. The summed E-state index contributed by atoms with van der Waals surface area (Å²) >= 11 is 0. The summed E-state index contributed by atoms with van der Waals surface area (Å²) in [6.45, 7) is 3.40. The number of rotatable bonds is 5. The molecule has 1 amide bonds. The first-order valence-corrected chi connectivity index (χ1v) is 8.14. The van der Waals surface area contributed by atoms with Crippen molar-refractivity contribution in [1.29, 1.82) is 0 Å². The van der Waals surface area contributed by atoms with Gasteiger partial charge in [0, 0.05) is 13.2 Å². The molecule has 1 aliphatic rings. The molecule has 0 aliphatic carbocycles. The van der Waals surface area contributed by atoms with E-state index in [2.05, 4.69) is 10.3 Å². The fraction of sp³-hybridized carbons (Fsp3) is 0.471. The minimum Gasteiger partial charge on any atom is -0.460 e. The minimum absolute atomic E-state index is 0.0415. The molecular weight excluding hydrogens is 360 g/mol. The van der Waals surface area contributed by atoms with E-state index in [1.807, 2.05) is 0 Å². The zero-order valence-electron chi connectivity index (χ0n) is 14.9. The molecule has 0 spiro atoms. The van der Waals surface area contributed by atoms with Crippen LogP contribution in [0.5, 0.6) is 5.75 Å². The zero-order chi connectivity index (χ0) is 19.8. The number of nitrogens with one attached hydrogen (secondary N) is 1. The Morgan fingerprint density at radius 3 is 2.70 bits per heavy atom. The number of hydrogen-bond donors (Lipinski definition) is 3. The Morgan fingerprint density at radius 2 is 2.04 bits per heavy atom. The quantitative estimate of drug-likeness (QED) is 0.612. The smallest absolute Gasteiger partial charge is 0.360 e. The van der Waals surface area contributed by atoms with Crippen LogP contribution in [0.4, 0.5) is 5.69 Å². The van der Waals surface area contributed by atoms with Crippen LogP contribution >= 0.6 is 0 Å². The largest absolute Gasteiger partial charge is 0.460 e. The second kappa shape index (κ2) is 7.24. The molecule has 27 heavy (non-hydrogen) atoms. The van der Waals surface area contributed by atoms with E-state index in [4.69, 9.17) is 18.6 Å². The summed E-state index contributed by atoms with van der Waals surface area (Å²) in [7, 11) is 1.41. The number of hydrogen-bond acceptors (Lipinski definition) is 9. The normalized spacial score (nSPS) is 27.3. The minimum atomic E-state index is -1.37. The number of pyridine rings is 1. The van der Waals surface area contributed by atoms with Crippen LogP contribution in [0, 0.1) is 0 Å². The molecule has 10 nitrogen and oxygen atoms in total. The maximum Gasteiger partial charge on any atom is 0.360 e. The highest BCUT2D eigenvalue weighted by Crippen LogP contribution is 2.32. The summed E-state index contributed by atoms with van der Waals surface area (Å²) in [6.07, 6.45) is -2.84. The lowest BCUT2D eigenvalue weighted by atomic mass is 9.89. The molecule has 0 saturated carbocycles. The molecule has 3 N–H and O–H groups in total. The van der Waals surface area contributed by atoms with Crippen molar-refractivity contribution >= 4 is 23.2 Å². The van der Waals surface area contributed by atoms with Gasteiger partial charge in [-0.25, -0.2) is 9.78 Å². The van der Waals surface area contributed by atoms with Crippen LogP contribution in [-0.4, -0.2) is 58.9 Å². The molecule has 3 heterocycles. The van der Waals surface area contributed by atoms with Crippen molar-refractivity contribution in [3.05, 3.63) is 28.7 Å². The maximum atomic E-state index is 11.8. The molecule has 0 bridgehead atoms. The van der Waals surface area contributed by atoms with Gasteiger partial charge in [-0.1, -0.05) is 0 Å². The van der Waals surface area contributed by atoms with Crippen molar-refractivity contribution in [2.24, 2.45) is 0 Å². The molecule has 1 aliphatic heterocycles. The number of nitrogens with zero attached hydrogens (tertiary/aromatic N) is 1. The van der Waals surface area contributed by atoms with Gasteiger partial charge in [0.25, 0.3) is 0 Å². The number of ether oxygens (including phenoxy) is 3. The number of anilines is 1. The van der Waals surface area contributed by atoms with Gasteiger partial charge in [0.1, 0.15) is 35.3 Å². The van der Waals surface area contributed by atoms with Crippen molar-refractivity contribution in [1.82, 2.24) is 4.98 Å². The highest BCUT2D eigenvalue weighted by molar-refractivity contribution is 5.80. The first-order chi connectivity index (χ1) is 12.8. The molecule has 10 heteroatoms. The summed E-state index contributed by atoms with van der Waals surface area (Å²) in [5.41, 5.74) is -1.28. The number of carbonyl (C=O) groups excluding carboxylic acids is 1. The van der Waals surface area contributed by atoms with E-state index in [0.29, 0.717) is 11.9 Å². The van der Waals surface area contributed by atoms with Gasteiger partial charge in [-0.15, -0.1) is 0 Å². The second-order valence-electron chi connectivity index (χ2n) is 6.61. The fourth-order valence-corrected chi connectivity index (χ4v) is 3.04. The fourth-order valence-electron chi connectivity index (χ4n) is 3.04. The van der Waals surface area contributed by atoms with Gasteiger partial charge in [0.2, 0.25) is 12.7 Å². The second-order valence-corrected chi connectivity index (χ2v) is 6.61. The van der Waals surface area contributed by atoms with E-state index >= 15 is 0 Å². The third-order valence-electron chi connectivity index (χ3n) is 4.32. The van der Waals surface area contributed by atoms with Gasteiger partial charge < -0.3 is 34.2 Å². The van der Waals surface area contributed by atoms with Crippen molar-refractivity contribution in [2.75, 3.05) is 12.4 Å². The predicted octanol–water partition coefficient (Wildman–Crippen LogP) is 0.00680. The molecule has 2 aromatic rings. The molecule has 2 aromatic heterocycles. The van der Waals surface area contributed by atoms with E-state index in [1.165, 1.54) is 25.4 Å². The molecule has 1 saturated heterocycles. The summed E-state index contributed by atoms with van der Waals surface area (Å²) in [5.74, 6) is 0.157. The Hall–Kier alpha value is -2.53. The lowest BCUT2D eigenvalue weighted by Gasteiger charge is -2.46. The highest BCUT2D eigenvalue weighted by Gasteiger charge is 2.50. The molecule has 4 atom stereocenters. The van der Waals surface area contributed by atoms with Gasteiger partial charge in [0.15, 0.2) is 5.58 Å². The van der Waals surface area contributed by atoms with Crippen LogP contribution in [0.25, 0.3) is 11.1 Å². The van der Waals surface area contributed by atoms with Crippen LogP contribution < -0.4 is 15.7 Å². The van der Waals surface area contributed by atoms with Gasteiger partial charge in [-0.3, -0.25) is 4.79 Å².